The zero-order chi connectivity index (χ0) is 17.9. The number of rotatable bonds is 6. The van der Waals surface area contributed by atoms with Crippen molar-refractivity contribution in [1.29, 1.82) is 0 Å². The lowest BCUT2D eigenvalue weighted by atomic mass is 10.1. The molecule has 7 heteroatoms. The van der Waals surface area contributed by atoms with E-state index in [1.165, 1.54) is 6.26 Å². The number of hydrogen-bond donors (Lipinski definition) is 1. The lowest BCUT2D eigenvalue weighted by molar-refractivity contribution is -0.122. The molecule has 0 aliphatic carbocycles. The summed E-state index contributed by atoms with van der Waals surface area (Å²) in [5.41, 5.74) is 2.49. The predicted octanol–water partition coefficient (Wildman–Crippen LogP) is 2.37. The van der Waals surface area contributed by atoms with Gasteiger partial charge < -0.3 is 9.73 Å². The number of sulfonamides is 1. The second kappa shape index (κ2) is 7.09. The highest BCUT2D eigenvalue weighted by Crippen LogP contribution is 2.23. The van der Waals surface area contributed by atoms with E-state index < -0.39 is 22.0 Å². The fourth-order valence-corrected chi connectivity index (χ4v) is 3.57. The van der Waals surface area contributed by atoms with Crippen LogP contribution in [0.3, 0.4) is 0 Å². The fraction of sp³-hybridized carbons (Fsp3) is 0.353. The molecule has 0 spiro atoms. The molecule has 0 aliphatic rings. The van der Waals surface area contributed by atoms with Crippen molar-refractivity contribution in [3.05, 3.63) is 53.5 Å². The molecule has 1 aromatic carbocycles. The highest BCUT2D eigenvalue weighted by atomic mass is 32.2. The van der Waals surface area contributed by atoms with Crippen molar-refractivity contribution in [3.8, 4) is 0 Å². The van der Waals surface area contributed by atoms with Gasteiger partial charge in [0.05, 0.1) is 24.8 Å². The minimum absolute atomic E-state index is 0.209. The maximum Gasteiger partial charge on any atom is 0.243 e. The van der Waals surface area contributed by atoms with Crippen molar-refractivity contribution in [3.63, 3.8) is 0 Å². The summed E-state index contributed by atoms with van der Waals surface area (Å²) in [5, 5.41) is 2.69. The molecule has 6 nitrogen and oxygen atoms in total. The standard InChI is InChI=1S/C17H22N2O4S/c1-12-7-8-15(10-13(12)2)19(24(4,21)22)14(3)17(20)18-11-16-6-5-9-23-16/h5-10,14H,11H2,1-4H3,(H,18,20)/t14-/m1/s1. The summed E-state index contributed by atoms with van der Waals surface area (Å²) in [5.74, 6) is 0.211. The predicted molar refractivity (Wildman–Crippen MR) is 93.3 cm³/mol. The maximum atomic E-state index is 12.4. The van der Waals surface area contributed by atoms with E-state index in [-0.39, 0.29) is 6.54 Å². The number of hydrogen-bond acceptors (Lipinski definition) is 4. The lowest BCUT2D eigenvalue weighted by Crippen LogP contribution is -2.47. The van der Waals surface area contributed by atoms with Gasteiger partial charge in [-0.25, -0.2) is 8.42 Å². The molecule has 0 saturated carbocycles. The Hall–Kier alpha value is -2.28. The first kappa shape index (κ1) is 18.1. The summed E-state index contributed by atoms with van der Waals surface area (Å²) in [6, 6.07) is 7.91. The smallest absolute Gasteiger partial charge is 0.243 e. The molecule has 0 bridgehead atoms. The molecular formula is C17H22N2O4S. The average molecular weight is 350 g/mol. The Morgan fingerprint density at radius 2 is 1.96 bits per heavy atom. The van der Waals surface area contributed by atoms with E-state index in [0.717, 1.165) is 21.7 Å². The van der Waals surface area contributed by atoms with Gasteiger partial charge >= 0.3 is 0 Å². The first-order chi connectivity index (χ1) is 11.2. The number of aryl methyl sites for hydroxylation is 2. The van der Waals surface area contributed by atoms with E-state index in [1.807, 2.05) is 19.9 Å². The molecular weight excluding hydrogens is 328 g/mol. The zero-order valence-corrected chi connectivity index (χ0v) is 15.1. The van der Waals surface area contributed by atoms with E-state index in [9.17, 15) is 13.2 Å². The van der Waals surface area contributed by atoms with Crippen LogP contribution in [0.2, 0.25) is 0 Å². The normalized spacial score (nSPS) is 12.7. The molecule has 0 saturated heterocycles. The van der Waals surface area contributed by atoms with Crippen molar-refractivity contribution in [2.24, 2.45) is 0 Å². The van der Waals surface area contributed by atoms with E-state index in [4.69, 9.17) is 4.42 Å². The largest absolute Gasteiger partial charge is 0.467 e. The Balaban J connectivity index is 2.23. The molecule has 24 heavy (non-hydrogen) atoms. The SMILES string of the molecule is Cc1ccc(N([C@H](C)C(=O)NCc2ccco2)S(C)(=O)=O)cc1C. The molecule has 1 N–H and O–H groups in total. The molecule has 2 rings (SSSR count). The minimum atomic E-state index is -3.61. The fourth-order valence-electron chi connectivity index (χ4n) is 2.41. The van der Waals surface area contributed by atoms with Gasteiger partial charge in [0.25, 0.3) is 0 Å². The summed E-state index contributed by atoms with van der Waals surface area (Å²) in [7, 11) is -3.61. The van der Waals surface area contributed by atoms with Crippen LogP contribution in [0.15, 0.2) is 41.0 Å². The molecule has 0 fully saturated rings. The topological polar surface area (TPSA) is 79.6 Å². The summed E-state index contributed by atoms with van der Waals surface area (Å²) in [6.07, 6.45) is 2.61. The number of anilines is 1. The Kier molecular flexibility index (Phi) is 5.33. The molecule has 1 amide bonds. The Labute approximate surface area is 142 Å². The van der Waals surface area contributed by atoms with Gasteiger partial charge in [-0.05, 0) is 56.2 Å². The number of benzene rings is 1. The van der Waals surface area contributed by atoms with Crippen molar-refractivity contribution >= 4 is 21.6 Å². The van der Waals surface area contributed by atoms with Crippen LogP contribution >= 0.6 is 0 Å². The second-order valence-corrected chi connectivity index (χ2v) is 7.66. The van der Waals surface area contributed by atoms with E-state index in [1.54, 1.807) is 31.2 Å². The number of carbonyl (C=O) groups is 1. The zero-order valence-electron chi connectivity index (χ0n) is 14.2. The van der Waals surface area contributed by atoms with Gasteiger partial charge in [-0.3, -0.25) is 9.10 Å². The Morgan fingerprint density at radius 1 is 1.25 bits per heavy atom. The maximum absolute atomic E-state index is 12.4. The minimum Gasteiger partial charge on any atom is -0.467 e. The molecule has 0 unspecified atom stereocenters. The summed E-state index contributed by atoms with van der Waals surface area (Å²) in [6.45, 7) is 5.62. The van der Waals surface area contributed by atoms with Gasteiger partial charge in [-0.15, -0.1) is 0 Å². The van der Waals surface area contributed by atoms with Crippen LogP contribution in [0.5, 0.6) is 0 Å². The van der Waals surface area contributed by atoms with Crippen LogP contribution in [0.1, 0.15) is 23.8 Å². The summed E-state index contributed by atoms with van der Waals surface area (Å²) >= 11 is 0. The quantitative estimate of drug-likeness (QED) is 0.867. The highest BCUT2D eigenvalue weighted by molar-refractivity contribution is 7.92. The molecule has 1 aromatic heterocycles. The van der Waals surface area contributed by atoms with Crippen LogP contribution < -0.4 is 9.62 Å². The van der Waals surface area contributed by atoms with Gasteiger partial charge in [-0.2, -0.15) is 0 Å². The summed E-state index contributed by atoms with van der Waals surface area (Å²) < 4.78 is 30.8. The number of carbonyl (C=O) groups excluding carboxylic acids is 1. The monoisotopic (exact) mass is 350 g/mol. The van der Waals surface area contributed by atoms with Gasteiger partial charge in [0.15, 0.2) is 0 Å². The van der Waals surface area contributed by atoms with Crippen LogP contribution in [0.4, 0.5) is 5.69 Å². The third-order valence-corrected chi connectivity index (χ3v) is 5.09. The van der Waals surface area contributed by atoms with Crippen molar-refractivity contribution in [2.75, 3.05) is 10.6 Å². The van der Waals surface area contributed by atoms with Crippen molar-refractivity contribution in [1.82, 2.24) is 5.32 Å². The van der Waals surface area contributed by atoms with E-state index in [2.05, 4.69) is 5.32 Å². The van der Waals surface area contributed by atoms with Gasteiger partial charge in [-0.1, -0.05) is 6.07 Å². The lowest BCUT2D eigenvalue weighted by Gasteiger charge is -2.28. The number of nitrogens with zero attached hydrogens (tertiary/aromatic N) is 1. The van der Waals surface area contributed by atoms with Crippen LogP contribution in [0, 0.1) is 13.8 Å². The van der Waals surface area contributed by atoms with E-state index >= 15 is 0 Å². The first-order valence-corrected chi connectivity index (χ1v) is 9.41. The number of furan rings is 1. The van der Waals surface area contributed by atoms with Gasteiger partial charge in [0, 0.05) is 0 Å². The third kappa shape index (κ3) is 4.17. The Bertz CT molecular complexity index is 813. The highest BCUT2D eigenvalue weighted by Gasteiger charge is 2.29. The first-order valence-electron chi connectivity index (χ1n) is 7.57. The van der Waals surface area contributed by atoms with Crippen LogP contribution in [-0.2, 0) is 21.4 Å². The van der Waals surface area contributed by atoms with Crippen LogP contribution in [0.25, 0.3) is 0 Å². The molecule has 0 radical (unpaired) electrons. The summed E-state index contributed by atoms with van der Waals surface area (Å²) in [4.78, 5) is 12.4. The molecule has 1 atom stereocenters. The van der Waals surface area contributed by atoms with Gasteiger partial charge in [0.1, 0.15) is 11.8 Å². The Morgan fingerprint density at radius 3 is 2.50 bits per heavy atom. The molecule has 0 aliphatic heterocycles. The number of amides is 1. The van der Waals surface area contributed by atoms with Crippen molar-refractivity contribution in [2.45, 2.75) is 33.4 Å². The second-order valence-electron chi connectivity index (χ2n) is 5.80. The third-order valence-electron chi connectivity index (χ3n) is 3.85. The molecule has 130 valence electrons. The number of nitrogens with one attached hydrogen (secondary N) is 1. The van der Waals surface area contributed by atoms with E-state index in [0.29, 0.717) is 11.4 Å². The van der Waals surface area contributed by atoms with Crippen LogP contribution in [-0.4, -0.2) is 26.6 Å². The van der Waals surface area contributed by atoms with Gasteiger partial charge in [0.2, 0.25) is 15.9 Å². The average Bonchev–Trinajstić information content (AvgIpc) is 3.00. The molecule has 1 heterocycles. The molecule has 2 aromatic rings. The van der Waals surface area contributed by atoms with Crippen molar-refractivity contribution < 1.29 is 17.6 Å².